The van der Waals surface area contributed by atoms with Crippen LogP contribution >= 0.6 is 0 Å². The highest BCUT2D eigenvalue weighted by Crippen LogP contribution is 2.15. The van der Waals surface area contributed by atoms with E-state index in [2.05, 4.69) is 0 Å². The third kappa shape index (κ3) is 2.70. The molecule has 0 aromatic heterocycles. The number of hydrogen-bond acceptors (Lipinski definition) is 3. The molecule has 1 aromatic carbocycles. The van der Waals surface area contributed by atoms with E-state index in [4.69, 9.17) is 16.2 Å². The van der Waals surface area contributed by atoms with Crippen LogP contribution < -0.4 is 16.2 Å². The number of halogens is 1. The van der Waals surface area contributed by atoms with Gasteiger partial charge in [-0.2, -0.15) is 0 Å². The van der Waals surface area contributed by atoms with Crippen LogP contribution in [-0.2, 0) is 11.3 Å². The molecule has 0 heterocycles. The van der Waals surface area contributed by atoms with Crippen LogP contribution in [0.3, 0.4) is 0 Å². The molecule has 0 bridgehead atoms. The maximum atomic E-state index is 13.1. The summed E-state index contributed by atoms with van der Waals surface area (Å²) in [6, 6.07) is 4.21. The zero-order valence-electron chi connectivity index (χ0n) is 7.50. The number of benzene rings is 1. The largest absolute Gasteiger partial charge is 0.484 e. The first-order chi connectivity index (χ1) is 6.63. The van der Waals surface area contributed by atoms with Gasteiger partial charge in [-0.3, -0.25) is 4.79 Å². The quantitative estimate of drug-likeness (QED) is 0.722. The standard InChI is InChI=1S/C9H11FN2O2/c10-8-3-7(14-5-9(12)13)2-1-6(8)4-11/h1-3H,4-5,11H2,(H2,12,13). The highest BCUT2D eigenvalue weighted by molar-refractivity contribution is 5.75. The van der Waals surface area contributed by atoms with E-state index in [0.29, 0.717) is 5.56 Å². The second-order valence-corrected chi connectivity index (χ2v) is 2.71. The van der Waals surface area contributed by atoms with Crippen LogP contribution in [0.5, 0.6) is 5.75 Å². The Morgan fingerprint density at radius 3 is 2.71 bits per heavy atom. The second kappa shape index (κ2) is 4.57. The molecule has 0 fully saturated rings. The van der Waals surface area contributed by atoms with E-state index in [-0.39, 0.29) is 18.9 Å². The molecule has 0 spiro atoms. The summed E-state index contributed by atoms with van der Waals surface area (Å²) in [5.74, 6) is -0.790. The Morgan fingerprint density at radius 2 is 2.21 bits per heavy atom. The molecule has 1 rings (SSSR count). The molecule has 1 amide bonds. The first-order valence-electron chi connectivity index (χ1n) is 4.03. The summed E-state index contributed by atoms with van der Waals surface area (Å²) in [5.41, 5.74) is 10.5. The summed E-state index contributed by atoms with van der Waals surface area (Å²) >= 11 is 0. The van der Waals surface area contributed by atoms with Crippen LogP contribution in [0, 0.1) is 5.82 Å². The smallest absolute Gasteiger partial charge is 0.255 e. The number of primary amides is 1. The summed E-state index contributed by atoms with van der Waals surface area (Å²) < 4.78 is 18.0. The topological polar surface area (TPSA) is 78.3 Å². The summed E-state index contributed by atoms with van der Waals surface area (Å²) in [4.78, 5) is 10.4. The van der Waals surface area contributed by atoms with Gasteiger partial charge in [-0.05, 0) is 6.07 Å². The zero-order chi connectivity index (χ0) is 10.6. The predicted molar refractivity (Wildman–Crippen MR) is 49.0 cm³/mol. The Morgan fingerprint density at radius 1 is 1.50 bits per heavy atom. The highest BCUT2D eigenvalue weighted by Gasteiger charge is 2.03. The molecule has 0 aliphatic rings. The van der Waals surface area contributed by atoms with E-state index in [0.717, 1.165) is 0 Å². The molecule has 0 saturated carbocycles. The van der Waals surface area contributed by atoms with Crippen LogP contribution in [0.4, 0.5) is 4.39 Å². The molecule has 0 radical (unpaired) electrons. The van der Waals surface area contributed by atoms with Gasteiger partial charge in [0.1, 0.15) is 11.6 Å². The van der Waals surface area contributed by atoms with Gasteiger partial charge in [-0.25, -0.2) is 4.39 Å². The lowest BCUT2D eigenvalue weighted by molar-refractivity contribution is -0.119. The molecular weight excluding hydrogens is 187 g/mol. The minimum atomic E-state index is -0.603. The van der Waals surface area contributed by atoms with Crippen molar-refractivity contribution in [2.45, 2.75) is 6.54 Å². The fourth-order valence-electron chi connectivity index (χ4n) is 0.938. The molecule has 0 aliphatic heterocycles. The van der Waals surface area contributed by atoms with Crippen molar-refractivity contribution in [3.63, 3.8) is 0 Å². The van der Waals surface area contributed by atoms with Crippen LogP contribution in [0.1, 0.15) is 5.56 Å². The van der Waals surface area contributed by atoms with Crippen molar-refractivity contribution in [1.29, 1.82) is 0 Å². The van der Waals surface area contributed by atoms with E-state index >= 15 is 0 Å². The Kier molecular flexibility index (Phi) is 3.41. The predicted octanol–water partition coefficient (Wildman–Crippen LogP) is 0.149. The molecule has 0 saturated heterocycles. The fraction of sp³-hybridized carbons (Fsp3) is 0.222. The SMILES string of the molecule is NCc1ccc(OCC(N)=O)cc1F. The maximum absolute atomic E-state index is 13.1. The van der Waals surface area contributed by atoms with Crippen LogP contribution in [0.15, 0.2) is 18.2 Å². The van der Waals surface area contributed by atoms with E-state index < -0.39 is 11.7 Å². The summed E-state index contributed by atoms with van der Waals surface area (Å²) in [6.45, 7) is -0.136. The lowest BCUT2D eigenvalue weighted by atomic mass is 10.2. The molecule has 4 nitrogen and oxygen atoms in total. The molecule has 1 aromatic rings. The zero-order valence-corrected chi connectivity index (χ0v) is 7.50. The van der Waals surface area contributed by atoms with Gasteiger partial charge >= 0.3 is 0 Å². The van der Waals surface area contributed by atoms with E-state index in [1.54, 1.807) is 0 Å². The van der Waals surface area contributed by atoms with Gasteiger partial charge in [0.05, 0.1) is 0 Å². The van der Waals surface area contributed by atoms with Crippen molar-refractivity contribution in [2.24, 2.45) is 11.5 Å². The molecule has 0 unspecified atom stereocenters. The summed E-state index contributed by atoms with van der Waals surface area (Å²) in [6.07, 6.45) is 0. The van der Waals surface area contributed by atoms with Gasteiger partial charge in [0.25, 0.3) is 5.91 Å². The minimum Gasteiger partial charge on any atom is -0.484 e. The van der Waals surface area contributed by atoms with Crippen LogP contribution in [0.25, 0.3) is 0 Å². The first kappa shape index (κ1) is 10.5. The maximum Gasteiger partial charge on any atom is 0.255 e. The molecular formula is C9H11FN2O2. The van der Waals surface area contributed by atoms with Gasteiger partial charge in [0, 0.05) is 18.2 Å². The summed E-state index contributed by atoms with van der Waals surface area (Å²) in [7, 11) is 0. The monoisotopic (exact) mass is 198 g/mol. The molecule has 5 heteroatoms. The second-order valence-electron chi connectivity index (χ2n) is 2.71. The Balaban J connectivity index is 2.71. The number of amides is 1. The average Bonchev–Trinajstić information content (AvgIpc) is 2.15. The number of rotatable bonds is 4. The average molecular weight is 198 g/mol. The Hall–Kier alpha value is -1.62. The van der Waals surface area contributed by atoms with Crippen LogP contribution in [0.2, 0.25) is 0 Å². The molecule has 0 atom stereocenters. The molecule has 14 heavy (non-hydrogen) atoms. The number of nitrogens with two attached hydrogens (primary N) is 2. The van der Waals surface area contributed by atoms with Crippen molar-refractivity contribution < 1.29 is 13.9 Å². The lowest BCUT2D eigenvalue weighted by Gasteiger charge is -2.05. The highest BCUT2D eigenvalue weighted by atomic mass is 19.1. The molecule has 76 valence electrons. The van der Waals surface area contributed by atoms with Crippen molar-refractivity contribution in [1.82, 2.24) is 0 Å². The van der Waals surface area contributed by atoms with Gasteiger partial charge in [-0.15, -0.1) is 0 Å². The number of hydrogen-bond donors (Lipinski definition) is 2. The lowest BCUT2D eigenvalue weighted by Crippen LogP contribution is -2.20. The Labute approximate surface area is 80.6 Å². The molecule has 4 N–H and O–H groups in total. The van der Waals surface area contributed by atoms with Gasteiger partial charge < -0.3 is 16.2 Å². The Bertz CT molecular complexity index is 342. The van der Waals surface area contributed by atoms with E-state index in [1.807, 2.05) is 0 Å². The normalized spacial score (nSPS) is 9.86. The van der Waals surface area contributed by atoms with Crippen molar-refractivity contribution in [3.05, 3.63) is 29.6 Å². The number of carbonyl (C=O) groups is 1. The van der Waals surface area contributed by atoms with Crippen molar-refractivity contribution in [3.8, 4) is 5.75 Å². The summed E-state index contributed by atoms with van der Waals surface area (Å²) in [5, 5.41) is 0. The van der Waals surface area contributed by atoms with E-state index in [1.165, 1.54) is 18.2 Å². The number of carbonyl (C=O) groups excluding carboxylic acids is 1. The van der Waals surface area contributed by atoms with Gasteiger partial charge in [0.15, 0.2) is 6.61 Å². The van der Waals surface area contributed by atoms with Crippen LogP contribution in [-0.4, -0.2) is 12.5 Å². The minimum absolute atomic E-state index is 0.127. The van der Waals surface area contributed by atoms with Gasteiger partial charge in [0.2, 0.25) is 0 Å². The number of ether oxygens (including phenoxy) is 1. The van der Waals surface area contributed by atoms with Crippen molar-refractivity contribution in [2.75, 3.05) is 6.61 Å². The fourth-order valence-corrected chi connectivity index (χ4v) is 0.938. The third-order valence-corrected chi connectivity index (χ3v) is 1.63. The first-order valence-corrected chi connectivity index (χ1v) is 4.03. The van der Waals surface area contributed by atoms with E-state index in [9.17, 15) is 9.18 Å². The van der Waals surface area contributed by atoms with Gasteiger partial charge in [-0.1, -0.05) is 6.07 Å². The molecule has 0 aliphatic carbocycles. The van der Waals surface area contributed by atoms with Crippen molar-refractivity contribution >= 4 is 5.91 Å². The third-order valence-electron chi connectivity index (χ3n) is 1.63.